The van der Waals surface area contributed by atoms with Crippen molar-refractivity contribution in [1.82, 2.24) is 14.9 Å². The third-order valence-corrected chi connectivity index (χ3v) is 2.75. The molecular weight excluding hydrogens is 240 g/mol. The molecule has 98 valence electrons. The van der Waals surface area contributed by atoms with Crippen molar-refractivity contribution in [2.45, 2.75) is 13.1 Å². The summed E-state index contributed by atoms with van der Waals surface area (Å²) in [7, 11) is 1.73. The van der Waals surface area contributed by atoms with Gasteiger partial charge in [0.1, 0.15) is 5.69 Å². The second-order valence-corrected chi connectivity index (χ2v) is 4.24. The Balaban J connectivity index is 2.10. The van der Waals surface area contributed by atoms with Crippen LogP contribution in [0.2, 0.25) is 0 Å². The predicted molar refractivity (Wildman–Crippen MR) is 72.2 cm³/mol. The quantitative estimate of drug-likeness (QED) is 0.892. The van der Waals surface area contributed by atoms with E-state index >= 15 is 0 Å². The Kier molecular flexibility index (Phi) is 4.20. The van der Waals surface area contributed by atoms with Crippen LogP contribution in [0.25, 0.3) is 0 Å². The van der Waals surface area contributed by atoms with Gasteiger partial charge in [0.05, 0.1) is 12.2 Å². The van der Waals surface area contributed by atoms with Gasteiger partial charge in [0.2, 0.25) is 0 Å². The van der Waals surface area contributed by atoms with Crippen LogP contribution < -0.4 is 5.73 Å². The molecule has 2 aromatic rings. The molecule has 0 bridgehead atoms. The molecule has 0 atom stereocenters. The summed E-state index contributed by atoms with van der Waals surface area (Å²) in [6, 6.07) is 9.14. The van der Waals surface area contributed by atoms with Gasteiger partial charge < -0.3 is 10.6 Å². The Bertz CT molecular complexity index is 556. The highest BCUT2D eigenvalue weighted by Crippen LogP contribution is 2.06. The number of pyridine rings is 2. The number of nitrogens with zero attached hydrogens (tertiary/aromatic N) is 3. The van der Waals surface area contributed by atoms with Gasteiger partial charge in [-0.25, -0.2) is 0 Å². The highest BCUT2D eigenvalue weighted by atomic mass is 16.2. The summed E-state index contributed by atoms with van der Waals surface area (Å²) < 4.78 is 0. The molecule has 0 aliphatic heterocycles. The lowest BCUT2D eigenvalue weighted by molar-refractivity contribution is 0.0777. The van der Waals surface area contributed by atoms with Gasteiger partial charge in [-0.05, 0) is 29.8 Å². The second-order valence-electron chi connectivity index (χ2n) is 4.24. The molecule has 0 radical (unpaired) electrons. The smallest absolute Gasteiger partial charge is 0.272 e. The SMILES string of the molecule is CN(Cc1ccccn1)C(=O)c1cc(CN)ccn1. The molecule has 19 heavy (non-hydrogen) atoms. The normalized spacial score (nSPS) is 10.2. The van der Waals surface area contributed by atoms with E-state index in [0.29, 0.717) is 18.8 Å². The molecule has 1 amide bonds. The largest absolute Gasteiger partial charge is 0.334 e. The van der Waals surface area contributed by atoms with Gasteiger partial charge in [0.25, 0.3) is 5.91 Å². The number of amides is 1. The van der Waals surface area contributed by atoms with Crippen LogP contribution in [0.3, 0.4) is 0 Å². The van der Waals surface area contributed by atoms with E-state index in [9.17, 15) is 4.79 Å². The number of nitrogens with two attached hydrogens (primary N) is 1. The lowest BCUT2D eigenvalue weighted by Gasteiger charge is -2.16. The van der Waals surface area contributed by atoms with E-state index in [1.54, 1.807) is 36.5 Å². The van der Waals surface area contributed by atoms with Gasteiger partial charge in [-0.1, -0.05) is 6.07 Å². The zero-order chi connectivity index (χ0) is 13.7. The molecule has 2 N–H and O–H groups in total. The zero-order valence-electron chi connectivity index (χ0n) is 10.8. The zero-order valence-corrected chi connectivity index (χ0v) is 10.8. The number of hydrogen-bond donors (Lipinski definition) is 1. The first-order valence-electron chi connectivity index (χ1n) is 6.01. The molecule has 2 aromatic heterocycles. The minimum atomic E-state index is -0.138. The van der Waals surface area contributed by atoms with Gasteiger partial charge in [0.15, 0.2) is 0 Å². The molecule has 0 spiro atoms. The average Bonchev–Trinajstić information content (AvgIpc) is 2.47. The first-order valence-corrected chi connectivity index (χ1v) is 6.01. The molecule has 2 heterocycles. The van der Waals surface area contributed by atoms with Crippen LogP contribution in [-0.4, -0.2) is 27.8 Å². The van der Waals surface area contributed by atoms with Crippen LogP contribution in [0, 0.1) is 0 Å². The number of hydrogen-bond acceptors (Lipinski definition) is 4. The van der Waals surface area contributed by atoms with Crippen LogP contribution in [0.1, 0.15) is 21.7 Å². The Morgan fingerprint density at radius 3 is 2.79 bits per heavy atom. The van der Waals surface area contributed by atoms with Gasteiger partial charge in [0, 0.05) is 26.0 Å². The summed E-state index contributed by atoms with van der Waals surface area (Å²) >= 11 is 0. The van der Waals surface area contributed by atoms with E-state index in [2.05, 4.69) is 9.97 Å². The van der Waals surface area contributed by atoms with E-state index in [1.807, 2.05) is 18.2 Å². The maximum Gasteiger partial charge on any atom is 0.272 e. The second kappa shape index (κ2) is 6.06. The number of rotatable bonds is 4. The Hall–Kier alpha value is -2.27. The van der Waals surface area contributed by atoms with Crippen LogP contribution in [0.4, 0.5) is 0 Å². The fraction of sp³-hybridized carbons (Fsp3) is 0.214. The molecule has 0 aromatic carbocycles. The lowest BCUT2D eigenvalue weighted by atomic mass is 10.2. The van der Waals surface area contributed by atoms with Crippen molar-refractivity contribution in [2.75, 3.05) is 7.05 Å². The van der Waals surface area contributed by atoms with Crippen molar-refractivity contribution in [3.8, 4) is 0 Å². The standard InChI is InChI=1S/C14H16N4O/c1-18(10-12-4-2-3-6-16-12)14(19)13-8-11(9-15)5-7-17-13/h2-8H,9-10,15H2,1H3. The summed E-state index contributed by atoms with van der Waals surface area (Å²) in [4.78, 5) is 22.1. The molecule has 2 rings (SSSR count). The molecule has 0 saturated carbocycles. The van der Waals surface area contributed by atoms with Crippen LogP contribution in [0.15, 0.2) is 42.7 Å². The van der Waals surface area contributed by atoms with E-state index in [-0.39, 0.29) is 5.91 Å². The first kappa shape index (κ1) is 13.2. The monoisotopic (exact) mass is 256 g/mol. The highest BCUT2D eigenvalue weighted by Gasteiger charge is 2.14. The summed E-state index contributed by atoms with van der Waals surface area (Å²) in [6.45, 7) is 0.848. The molecule has 0 unspecified atom stereocenters. The van der Waals surface area contributed by atoms with E-state index < -0.39 is 0 Å². The molecule has 5 heteroatoms. The molecule has 0 aliphatic carbocycles. The summed E-state index contributed by atoms with van der Waals surface area (Å²) in [5.74, 6) is -0.138. The fourth-order valence-corrected chi connectivity index (χ4v) is 1.72. The minimum Gasteiger partial charge on any atom is -0.334 e. The molecule has 0 fully saturated rings. The maximum absolute atomic E-state index is 12.2. The fourth-order valence-electron chi connectivity index (χ4n) is 1.72. The first-order chi connectivity index (χ1) is 9.20. The summed E-state index contributed by atoms with van der Waals surface area (Å²) in [5, 5.41) is 0. The van der Waals surface area contributed by atoms with Gasteiger partial charge in [-0.15, -0.1) is 0 Å². The number of carbonyl (C=O) groups is 1. The molecule has 5 nitrogen and oxygen atoms in total. The third kappa shape index (κ3) is 3.35. The van der Waals surface area contributed by atoms with Crippen molar-refractivity contribution in [3.05, 3.63) is 59.7 Å². The maximum atomic E-state index is 12.2. The number of aromatic nitrogens is 2. The summed E-state index contributed by atoms with van der Waals surface area (Å²) in [5.41, 5.74) is 7.69. The molecule has 0 saturated heterocycles. The topological polar surface area (TPSA) is 72.1 Å². The Morgan fingerprint density at radius 1 is 1.26 bits per heavy atom. The van der Waals surface area contributed by atoms with Crippen LogP contribution in [0.5, 0.6) is 0 Å². The van der Waals surface area contributed by atoms with E-state index in [1.165, 1.54) is 0 Å². The third-order valence-electron chi connectivity index (χ3n) is 2.75. The number of carbonyl (C=O) groups excluding carboxylic acids is 1. The molecule has 0 aliphatic rings. The van der Waals surface area contributed by atoms with E-state index in [4.69, 9.17) is 5.73 Å². The predicted octanol–water partition coefficient (Wildman–Crippen LogP) is 1.21. The van der Waals surface area contributed by atoms with Gasteiger partial charge in [-0.3, -0.25) is 14.8 Å². The Morgan fingerprint density at radius 2 is 2.11 bits per heavy atom. The van der Waals surface area contributed by atoms with E-state index in [0.717, 1.165) is 11.3 Å². The highest BCUT2D eigenvalue weighted by molar-refractivity contribution is 5.92. The van der Waals surface area contributed by atoms with Gasteiger partial charge >= 0.3 is 0 Å². The van der Waals surface area contributed by atoms with Crippen LogP contribution >= 0.6 is 0 Å². The minimum absolute atomic E-state index is 0.138. The van der Waals surface area contributed by atoms with Crippen molar-refractivity contribution in [1.29, 1.82) is 0 Å². The summed E-state index contributed by atoms with van der Waals surface area (Å²) in [6.07, 6.45) is 3.31. The Labute approximate surface area is 112 Å². The van der Waals surface area contributed by atoms with Gasteiger partial charge in [-0.2, -0.15) is 0 Å². The van der Waals surface area contributed by atoms with Crippen LogP contribution in [-0.2, 0) is 13.1 Å². The average molecular weight is 256 g/mol. The van der Waals surface area contributed by atoms with Crippen molar-refractivity contribution >= 4 is 5.91 Å². The van der Waals surface area contributed by atoms with Crippen molar-refractivity contribution < 1.29 is 4.79 Å². The van der Waals surface area contributed by atoms with Crippen molar-refractivity contribution in [2.24, 2.45) is 5.73 Å². The van der Waals surface area contributed by atoms with Crippen molar-refractivity contribution in [3.63, 3.8) is 0 Å². The lowest BCUT2D eigenvalue weighted by Crippen LogP contribution is -2.27. The molecular formula is C14H16N4O.